The van der Waals surface area contributed by atoms with E-state index in [0.29, 0.717) is 16.8 Å². The van der Waals surface area contributed by atoms with Crippen molar-refractivity contribution in [3.63, 3.8) is 0 Å². The lowest BCUT2D eigenvalue weighted by Gasteiger charge is -2.00. The van der Waals surface area contributed by atoms with Gasteiger partial charge in [-0.05, 0) is 12.1 Å². The van der Waals surface area contributed by atoms with Crippen molar-refractivity contribution in [3.05, 3.63) is 76.5 Å². The summed E-state index contributed by atoms with van der Waals surface area (Å²) in [6, 6.07) is 15.6. The SMILES string of the molecule is O=[N+]([O-])c1cccc(-c2nn(-c3ccccc3)cc2/C=N\O)c1. The molecule has 0 fully saturated rings. The van der Waals surface area contributed by atoms with Gasteiger partial charge in [0.2, 0.25) is 0 Å². The number of rotatable bonds is 4. The molecule has 0 unspecified atom stereocenters. The summed E-state index contributed by atoms with van der Waals surface area (Å²) in [4.78, 5) is 10.5. The van der Waals surface area contributed by atoms with Crippen LogP contribution in [0.25, 0.3) is 16.9 Å². The minimum absolute atomic E-state index is 0.0244. The fourth-order valence-corrected chi connectivity index (χ4v) is 2.25. The molecule has 114 valence electrons. The Morgan fingerprint density at radius 2 is 1.96 bits per heavy atom. The Morgan fingerprint density at radius 3 is 2.65 bits per heavy atom. The molecular formula is C16H12N4O3. The second-order valence-electron chi connectivity index (χ2n) is 4.77. The second kappa shape index (κ2) is 6.10. The monoisotopic (exact) mass is 308 g/mol. The maximum Gasteiger partial charge on any atom is 0.270 e. The van der Waals surface area contributed by atoms with Crippen LogP contribution in [0, 0.1) is 10.1 Å². The Balaban J connectivity index is 2.13. The molecule has 0 saturated carbocycles. The van der Waals surface area contributed by atoms with Crippen molar-refractivity contribution in [1.29, 1.82) is 0 Å². The topological polar surface area (TPSA) is 93.5 Å². The van der Waals surface area contributed by atoms with E-state index < -0.39 is 4.92 Å². The van der Waals surface area contributed by atoms with E-state index in [1.54, 1.807) is 23.0 Å². The van der Waals surface area contributed by atoms with E-state index in [1.807, 2.05) is 30.3 Å². The van der Waals surface area contributed by atoms with Gasteiger partial charge < -0.3 is 5.21 Å². The fourth-order valence-electron chi connectivity index (χ4n) is 2.25. The van der Waals surface area contributed by atoms with E-state index in [4.69, 9.17) is 5.21 Å². The molecule has 3 rings (SSSR count). The van der Waals surface area contributed by atoms with Crippen LogP contribution in [0.2, 0.25) is 0 Å². The summed E-state index contributed by atoms with van der Waals surface area (Å²) in [6.07, 6.45) is 2.95. The van der Waals surface area contributed by atoms with Crippen LogP contribution in [0.4, 0.5) is 5.69 Å². The van der Waals surface area contributed by atoms with Crippen LogP contribution in [-0.2, 0) is 0 Å². The molecule has 7 heteroatoms. The zero-order chi connectivity index (χ0) is 16.2. The molecule has 0 saturated heterocycles. The number of aromatic nitrogens is 2. The molecule has 0 bridgehead atoms. The van der Waals surface area contributed by atoms with E-state index in [0.717, 1.165) is 5.69 Å². The van der Waals surface area contributed by atoms with Gasteiger partial charge in [-0.2, -0.15) is 5.10 Å². The van der Waals surface area contributed by atoms with Crippen molar-refractivity contribution in [2.45, 2.75) is 0 Å². The Kier molecular flexibility index (Phi) is 3.84. The van der Waals surface area contributed by atoms with Gasteiger partial charge in [-0.3, -0.25) is 10.1 Å². The van der Waals surface area contributed by atoms with Crippen molar-refractivity contribution in [2.24, 2.45) is 5.16 Å². The van der Waals surface area contributed by atoms with Crippen LogP contribution in [0.3, 0.4) is 0 Å². The zero-order valence-corrected chi connectivity index (χ0v) is 11.9. The van der Waals surface area contributed by atoms with Crippen LogP contribution in [-0.4, -0.2) is 26.1 Å². The number of oxime groups is 1. The van der Waals surface area contributed by atoms with Crippen LogP contribution >= 0.6 is 0 Å². The molecule has 0 spiro atoms. The molecule has 0 aliphatic heterocycles. The molecule has 3 aromatic rings. The third kappa shape index (κ3) is 2.93. The number of nitro benzene ring substituents is 1. The molecule has 0 atom stereocenters. The largest absolute Gasteiger partial charge is 0.411 e. The van der Waals surface area contributed by atoms with E-state index in [1.165, 1.54) is 18.3 Å². The van der Waals surface area contributed by atoms with E-state index in [9.17, 15) is 10.1 Å². The van der Waals surface area contributed by atoms with Crippen molar-refractivity contribution in [3.8, 4) is 16.9 Å². The highest BCUT2D eigenvalue weighted by Crippen LogP contribution is 2.26. The van der Waals surface area contributed by atoms with Crippen LogP contribution < -0.4 is 0 Å². The van der Waals surface area contributed by atoms with Crippen molar-refractivity contribution in [1.82, 2.24) is 9.78 Å². The molecule has 23 heavy (non-hydrogen) atoms. The smallest absolute Gasteiger partial charge is 0.270 e. The first kappa shape index (κ1) is 14.5. The Labute approximate surface area is 131 Å². The van der Waals surface area contributed by atoms with Crippen LogP contribution in [0.5, 0.6) is 0 Å². The van der Waals surface area contributed by atoms with E-state index in [2.05, 4.69) is 10.3 Å². The summed E-state index contributed by atoms with van der Waals surface area (Å²) in [7, 11) is 0. The highest BCUT2D eigenvalue weighted by atomic mass is 16.6. The normalized spacial score (nSPS) is 11.0. The summed E-state index contributed by atoms with van der Waals surface area (Å²) in [5, 5.41) is 27.3. The number of hydrogen-bond acceptors (Lipinski definition) is 5. The highest BCUT2D eigenvalue weighted by Gasteiger charge is 2.14. The summed E-state index contributed by atoms with van der Waals surface area (Å²) in [6.45, 7) is 0. The first-order valence-corrected chi connectivity index (χ1v) is 6.76. The average molecular weight is 308 g/mol. The van der Waals surface area contributed by atoms with Gasteiger partial charge >= 0.3 is 0 Å². The lowest BCUT2D eigenvalue weighted by atomic mass is 10.1. The lowest BCUT2D eigenvalue weighted by Crippen LogP contribution is -1.94. The molecule has 2 aromatic carbocycles. The number of nitrogens with zero attached hydrogens (tertiary/aromatic N) is 4. The molecule has 0 aliphatic rings. The van der Waals surface area contributed by atoms with Crippen molar-refractivity contribution in [2.75, 3.05) is 0 Å². The van der Waals surface area contributed by atoms with Gasteiger partial charge in [0.25, 0.3) is 5.69 Å². The number of para-hydroxylation sites is 1. The first-order valence-electron chi connectivity index (χ1n) is 6.76. The highest BCUT2D eigenvalue weighted by molar-refractivity contribution is 5.88. The molecular weight excluding hydrogens is 296 g/mol. The Morgan fingerprint density at radius 1 is 1.17 bits per heavy atom. The molecule has 1 aromatic heterocycles. The summed E-state index contributed by atoms with van der Waals surface area (Å²) >= 11 is 0. The fraction of sp³-hybridized carbons (Fsp3) is 0. The number of hydrogen-bond donors (Lipinski definition) is 1. The maximum atomic E-state index is 10.9. The summed E-state index contributed by atoms with van der Waals surface area (Å²) in [5.74, 6) is 0. The molecule has 0 aliphatic carbocycles. The number of benzene rings is 2. The molecule has 1 heterocycles. The molecule has 0 radical (unpaired) electrons. The van der Waals surface area contributed by atoms with Gasteiger partial charge in [-0.15, -0.1) is 0 Å². The molecule has 7 nitrogen and oxygen atoms in total. The van der Waals surface area contributed by atoms with Crippen LogP contribution in [0.15, 0.2) is 65.9 Å². The van der Waals surface area contributed by atoms with E-state index >= 15 is 0 Å². The number of nitro groups is 1. The Bertz CT molecular complexity index is 872. The van der Waals surface area contributed by atoms with Gasteiger partial charge in [0, 0.05) is 29.5 Å². The predicted octanol–water partition coefficient (Wildman–Crippen LogP) is 3.26. The standard InChI is InChI=1S/C16H12N4O3/c21-17-10-13-11-19(14-6-2-1-3-7-14)18-16(13)12-5-4-8-15(9-12)20(22)23/h1-11,21H/b17-10-. The summed E-state index contributed by atoms with van der Waals surface area (Å²) in [5.41, 5.74) is 2.43. The van der Waals surface area contributed by atoms with E-state index in [-0.39, 0.29) is 5.69 Å². The third-order valence-electron chi connectivity index (χ3n) is 3.29. The summed E-state index contributed by atoms with van der Waals surface area (Å²) < 4.78 is 1.63. The minimum atomic E-state index is -0.461. The zero-order valence-electron chi connectivity index (χ0n) is 11.9. The van der Waals surface area contributed by atoms with Gasteiger partial charge in [0.15, 0.2) is 0 Å². The second-order valence-corrected chi connectivity index (χ2v) is 4.77. The van der Waals surface area contributed by atoms with Gasteiger partial charge in [-0.1, -0.05) is 35.5 Å². The molecule has 0 amide bonds. The van der Waals surface area contributed by atoms with Crippen molar-refractivity contribution < 1.29 is 10.1 Å². The first-order chi connectivity index (χ1) is 11.2. The van der Waals surface area contributed by atoms with Gasteiger partial charge in [-0.25, -0.2) is 4.68 Å². The number of non-ortho nitro benzene ring substituents is 1. The minimum Gasteiger partial charge on any atom is -0.411 e. The van der Waals surface area contributed by atoms with Gasteiger partial charge in [0.05, 0.1) is 16.8 Å². The maximum absolute atomic E-state index is 10.9. The lowest BCUT2D eigenvalue weighted by molar-refractivity contribution is -0.384. The quantitative estimate of drug-likeness (QED) is 0.346. The van der Waals surface area contributed by atoms with Gasteiger partial charge in [0.1, 0.15) is 5.69 Å². The third-order valence-corrected chi connectivity index (χ3v) is 3.29. The van der Waals surface area contributed by atoms with Crippen LogP contribution in [0.1, 0.15) is 5.56 Å². The van der Waals surface area contributed by atoms with Crippen molar-refractivity contribution >= 4 is 11.9 Å². The average Bonchev–Trinajstić information content (AvgIpc) is 3.00. The molecule has 1 N–H and O–H groups in total. The predicted molar refractivity (Wildman–Crippen MR) is 85.0 cm³/mol. The Hall–Kier alpha value is -3.48.